The van der Waals surface area contributed by atoms with Crippen LogP contribution in [-0.4, -0.2) is 79.8 Å². The lowest BCUT2D eigenvalue weighted by atomic mass is 10.1. The van der Waals surface area contributed by atoms with Gasteiger partial charge in [0.25, 0.3) is 5.91 Å². The van der Waals surface area contributed by atoms with Gasteiger partial charge in [-0.3, -0.25) is 9.89 Å². The van der Waals surface area contributed by atoms with Gasteiger partial charge >= 0.3 is 6.03 Å². The number of anilines is 1. The Bertz CT molecular complexity index is 1050. The van der Waals surface area contributed by atoms with Crippen LogP contribution in [0, 0.1) is 5.92 Å². The minimum absolute atomic E-state index is 0.0338. The van der Waals surface area contributed by atoms with Gasteiger partial charge in [-0.15, -0.1) is 5.10 Å². The van der Waals surface area contributed by atoms with Gasteiger partial charge in [0.05, 0.1) is 6.20 Å². The number of carbonyl (C=O) groups is 2. The molecule has 4 rings (SSSR count). The van der Waals surface area contributed by atoms with Gasteiger partial charge in [0.15, 0.2) is 17.6 Å². The van der Waals surface area contributed by atoms with Gasteiger partial charge in [-0.25, -0.2) is 19.7 Å². The first-order chi connectivity index (χ1) is 16.0. The third-order valence-corrected chi connectivity index (χ3v) is 5.10. The number of hydrogen-bond donors (Lipinski definition) is 6. The van der Waals surface area contributed by atoms with E-state index in [9.17, 15) is 9.59 Å². The normalized spacial score (nSPS) is 14.9. The number of aromatic amines is 2. The smallest absolute Gasteiger partial charge is 0.316 e. The number of hydrogen-bond acceptors (Lipinski definition) is 9. The summed E-state index contributed by atoms with van der Waals surface area (Å²) < 4.78 is 0. The minimum atomic E-state index is -0.960. The minimum Gasteiger partial charge on any atom is -0.338 e. The standard InChI is InChI=1S/C19H28N12O2/c1-11(2)3-4-22-19(33)28-15(14-24-12-9-21-10-23-13(12)25-14)26-17(32)16-27-18(30-29-16)31-7-5-20-6-8-31/h9-11,15,20H,3-8H2,1-2H3,(H,26,32)(H2,22,28,33)(H,27,29,30)(H,21,23,24,25). The van der Waals surface area contributed by atoms with Gasteiger partial charge in [0.1, 0.15) is 11.8 Å². The Morgan fingerprint density at radius 3 is 2.76 bits per heavy atom. The van der Waals surface area contributed by atoms with E-state index < -0.39 is 18.1 Å². The Kier molecular flexibility index (Phi) is 6.92. The molecule has 0 spiro atoms. The molecular weight excluding hydrogens is 428 g/mol. The molecule has 3 aromatic heterocycles. The van der Waals surface area contributed by atoms with Crippen molar-refractivity contribution >= 4 is 29.1 Å². The Balaban J connectivity index is 1.48. The number of aromatic nitrogens is 7. The molecule has 14 nitrogen and oxygen atoms in total. The summed E-state index contributed by atoms with van der Waals surface area (Å²) in [4.78, 5) is 47.1. The van der Waals surface area contributed by atoms with E-state index in [1.165, 1.54) is 6.33 Å². The second-order valence-electron chi connectivity index (χ2n) is 8.09. The molecule has 176 valence electrons. The van der Waals surface area contributed by atoms with E-state index in [1.54, 1.807) is 6.20 Å². The highest BCUT2D eigenvalue weighted by Gasteiger charge is 2.24. The van der Waals surface area contributed by atoms with Crippen LogP contribution in [-0.2, 0) is 0 Å². The summed E-state index contributed by atoms with van der Waals surface area (Å²) >= 11 is 0. The zero-order valence-electron chi connectivity index (χ0n) is 18.6. The average Bonchev–Trinajstić information content (AvgIpc) is 3.46. The largest absolute Gasteiger partial charge is 0.338 e. The molecular formula is C19H28N12O2. The summed E-state index contributed by atoms with van der Waals surface area (Å²) in [7, 11) is 0. The summed E-state index contributed by atoms with van der Waals surface area (Å²) in [6.07, 6.45) is 2.81. The molecule has 1 unspecified atom stereocenters. The van der Waals surface area contributed by atoms with E-state index in [1.807, 2.05) is 4.90 Å². The van der Waals surface area contributed by atoms with E-state index in [-0.39, 0.29) is 5.82 Å². The Hall–Kier alpha value is -3.81. The van der Waals surface area contributed by atoms with Crippen LogP contribution in [0.1, 0.15) is 42.9 Å². The lowest BCUT2D eigenvalue weighted by molar-refractivity contribution is 0.0919. The summed E-state index contributed by atoms with van der Waals surface area (Å²) in [6, 6.07) is -0.438. The fourth-order valence-electron chi connectivity index (χ4n) is 3.31. The summed E-state index contributed by atoms with van der Waals surface area (Å²) in [5, 5.41) is 18.3. The first-order valence-electron chi connectivity index (χ1n) is 10.9. The fraction of sp³-hybridized carbons (Fsp3) is 0.526. The van der Waals surface area contributed by atoms with Crippen molar-refractivity contribution in [1.29, 1.82) is 0 Å². The third kappa shape index (κ3) is 5.71. The number of carbonyl (C=O) groups excluding carboxylic acids is 2. The number of H-pyrrole nitrogens is 2. The van der Waals surface area contributed by atoms with Crippen molar-refractivity contribution < 1.29 is 9.59 Å². The summed E-state index contributed by atoms with van der Waals surface area (Å²) in [5.74, 6) is 0.705. The van der Waals surface area contributed by atoms with Gasteiger partial charge in [0, 0.05) is 32.7 Å². The van der Waals surface area contributed by atoms with Gasteiger partial charge in [-0.2, -0.15) is 4.98 Å². The first-order valence-corrected chi connectivity index (χ1v) is 10.9. The number of amides is 3. The maximum absolute atomic E-state index is 12.9. The fourth-order valence-corrected chi connectivity index (χ4v) is 3.31. The highest BCUT2D eigenvalue weighted by Crippen LogP contribution is 2.13. The van der Waals surface area contributed by atoms with E-state index in [4.69, 9.17) is 0 Å². The van der Waals surface area contributed by atoms with Crippen LogP contribution in [0.25, 0.3) is 11.2 Å². The van der Waals surface area contributed by atoms with Crippen molar-refractivity contribution in [2.24, 2.45) is 5.92 Å². The molecule has 1 aliphatic heterocycles. The van der Waals surface area contributed by atoms with Crippen molar-refractivity contribution in [1.82, 2.24) is 56.4 Å². The van der Waals surface area contributed by atoms with Crippen LogP contribution in [0.4, 0.5) is 10.7 Å². The second kappa shape index (κ2) is 10.2. The van der Waals surface area contributed by atoms with Crippen LogP contribution < -0.4 is 26.2 Å². The number of rotatable bonds is 8. The molecule has 4 heterocycles. The van der Waals surface area contributed by atoms with E-state index in [0.29, 0.717) is 35.4 Å². The van der Waals surface area contributed by atoms with Gasteiger partial charge in [-0.05, 0) is 12.3 Å². The van der Waals surface area contributed by atoms with Crippen LogP contribution in [0.5, 0.6) is 0 Å². The second-order valence-corrected chi connectivity index (χ2v) is 8.09. The van der Waals surface area contributed by atoms with Crippen LogP contribution in [0.2, 0.25) is 0 Å². The van der Waals surface area contributed by atoms with E-state index in [2.05, 4.69) is 70.2 Å². The molecule has 33 heavy (non-hydrogen) atoms. The molecule has 3 aromatic rings. The molecule has 14 heteroatoms. The van der Waals surface area contributed by atoms with Crippen LogP contribution in [0.3, 0.4) is 0 Å². The van der Waals surface area contributed by atoms with Crippen molar-refractivity contribution in [3.05, 3.63) is 24.2 Å². The quantitative estimate of drug-likeness (QED) is 0.247. The lowest BCUT2D eigenvalue weighted by Gasteiger charge is -2.25. The topological polar surface area (TPSA) is 182 Å². The number of piperazine rings is 1. The van der Waals surface area contributed by atoms with Crippen molar-refractivity contribution in [2.75, 3.05) is 37.6 Å². The molecule has 0 saturated carbocycles. The Morgan fingerprint density at radius 1 is 1.18 bits per heavy atom. The molecule has 0 aliphatic carbocycles. The number of nitrogens with one attached hydrogen (secondary N) is 6. The molecule has 0 bridgehead atoms. The number of imidazole rings is 1. The Labute approximate surface area is 189 Å². The van der Waals surface area contributed by atoms with Crippen molar-refractivity contribution in [3.63, 3.8) is 0 Å². The monoisotopic (exact) mass is 456 g/mol. The predicted octanol–water partition coefficient (Wildman–Crippen LogP) is -0.345. The maximum atomic E-state index is 12.9. The van der Waals surface area contributed by atoms with Crippen LogP contribution in [0.15, 0.2) is 12.5 Å². The Morgan fingerprint density at radius 2 is 2.00 bits per heavy atom. The number of nitrogens with zero attached hydrogens (tertiary/aromatic N) is 6. The zero-order valence-corrected chi connectivity index (χ0v) is 18.6. The maximum Gasteiger partial charge on any atom is 0.316 e. The highest BCUT2D eigenvalue weighted by atomic mass is 16.2. The SMILES string of the molecule is CC(C)CCNC(=O)NC(NC(=O)c1nc(N2CCNCC2)n[nH]1)c1nc2ncncc2[nH]1. The average molecular weight is 457 g/mol. The van der Waals surface area contributed by atoms with E-state index >= 15 is 0 Å². The van der Waals surface area contributed by atoms with Crippen molar-refractivity contribution in [3.8, 4) is 0 Å². The van der Waals surface area contributed by atoms with E-state index in [0.717, 1.165) is 32.6 Å². The molecule has 0 aromatic carbocycles. The molecule has 1 atom stereocenters. The molecule has 1 saturated heterocycles. The van der Waals surface area contributed by atoms with Crippen LogP contribution >= 0.6 is 0 Å². The zero-order chi connectivity index (χ0) is 23.2. The number of urea groups is 1. The van der Waals surface area contributed by atoms with Crippen molar-refractivity contribution in [2.45, 2.75) is 26.4 Å². The van der Waals surface area contributed by atoms with Gasteiger partial charge in [-0.1, -0.05) is 13.8 Å². The highest BCUT2D eigenvalue weighted by molar-refractivity contribution is 5.91. The summed E-state index contributed by atoms with van der Waals surface area (Å²) in [5.41, 5.74) is 0.997. The molecule has 1 aliphatic rings. The van der Waals surface area contributed by atoms with Gasteiger partial charge in [0.2, 0.25) is 11.8 Å². The first kappa shape index (κ1) is 22.4. The van der Waals surface area contributed by atoms with Gasteiger partial charge < -0.3 is 31.2 Å². The predicted molar refractivity (Wildman–Crippen MR) is 119 cm³/mol. The summed E-state index contributed by atoms with van der Waals surface area (Å²) in [6.45, 7) is 7.80. The molecule has 0 radical (unpaired) electrons. The molecule has 3 amide bonds. The third-order valence-electron chi connectivity index (χ3n) is 5.10. The molecule has 1 fully saturated rings. The molecule has 6 N–H and O–H groups in total. The lowest BCUT2D eigenvalue weighted by Crippen LogP contribution is -2.46. The number of fused-ring (bicyclic) bond motifs is 1.